The summed E-state index contributed by atoms with van der Waals surface area (Å²) in [6.45, 7) is 7.24. The molecule has 0 saturated carbocycles. The topological polar surface area (TPSA) is 43.8 Å². The van der Waals surface area contributed by atoms with Crippen LogP contribution in [0.3, 0.4) is 0 Å². The van der Waals surface area contributed by atoms with Gasteiger partial charge in [0.25, 0.3) is 0 Å². The molecule has 1 saturated heterocycles. The van der Waals surface area contributed by atoms with Crippen molar-refractivity contribution in [2.24, 2.45) is 5.92 Å². The molecule has 3 aromatic carbocycles. The lowest BCUT2D eigenvalue weighted by Gasteiger charge is -2.45. The number of phenolic OH excluding ortho intramolecular Hbond substituents is 1. The van der Waals surface area contributed by atoms with E-state index in [1.807, 2.05) is 25.1 Å². The third-order valence-electron chi connectivity index (χ3n) is 7.76. The number of ketones is 1. The molecular weight excluding hydrogens is 463 g/mol. The van der Waals surface area contributed by atoms with Crippen molar-refractivity contribution in [3.8, 4) is 5.75 Å². The first-order chi connectivity index (χ1) is 17.8. The summed E-state index contributed by atoms with van der Waals surface area (Å²) in [5.41, 5.74) is 4.30. The smallest absolute Gasteiger partial charge is 0.167 e. The molecule has 4 nitrogen and oxygen atoms in total. The maximum absolute atomic E-state index is 14.9. The number of phenols is 1. The summed E-state index contributed by atoms with van der Waals surface area (Å²) in [4.78, 5) is 18.7. The van der Waals surface area contributed by atoms with Crippen molar-refractivity contribution in [2.45, 2.75) is 38.5 Å². The Labute approximate surface area is 220 Å². The summed E-state index contributed by atoms with van der Waals surface area (Å²) in [6, 6.07) is 21.0. The lowest BCUT2D eigenvalue weighted by molar-refractivity contribution is 0.0734. The Morgan fingerprint density at radius 1 is 1.08 bits per heavy atom. The average Bonchev–Trinajstić information content (AvgIpc) is 2.88. The predicted molar refractivity (Wildman–Crippen MR) is 147 cm³/mol. The number of hydrogen-bond acceptors (Lipinski definition) is 4. The van der Waals surface area contributed by atoms with E-state index in [1.54, 1.807) is 30.3 Å². The number of unbranched alkanes of at least 4 members (excludes halogenated alkanes) is 1. The number of aromatic hydroxyl groups is 1. The highest BCUT2D eigenvalue weighted by Gasteiger charge is 2.43. The molecule has 195 valence electrons. The van der Waals surface area contributed by atoms with Crippen LogP contribution in [0.1, 0.15) is 57.3 Å². The van der Waals surface area contributed by atoms with Crippen LogP contribution in [-0.4, -0.2) is 61.0 Å². The van der Waals surface area contributed by atoms with E-state index in [0.717, 1.165) is 43.6 Å². The van der Waals surface area contributed by atoms with Gasteiger partial charge in [0.1, 0.15) is 11.6 Å². The minimum absolute atomic E-state index is 0.00676. The number of aryl methyl sites for hydroxylation is 1. The van der Waals surface area contributed by atoms with Gasteiger partial charge in [-0.1, -0.05) is 42.5 Å². The number of nitrogens with zero attached hydrogens (tertiary/aromatic N) is 2. The van der Waals surface area contributed by atoms with Gasteiger partial charge in [-0.25, -0.2) is 4.39 Å². The molecule has 1 heterocycles. The molecule has 0 amide bonds. The number of likely N-dealkylation sites (tertiary alicyclic amines) is 1. The van der Waals surface area contributed by atoms with Crippen LogP contribution in [-0.2, 0) is 0 Å². The van der Waals surface area contributed by atoms with Gasteiger partial charge in [-0.05, 0) is 100 Å². The first-order valence-electron chi connectivity index (χ1n) is 13.2. The zero-order chi connectivity index (χ0) is 26.5. The van der Waals surface area contributed by atoms with E-state index < -0.39 is 0 Å². The Balaban J connectivity index is 1.79. The Morgan fingerprint density at radius 2 is 1.86 bits per heavy atom. The van der Waals surface area contributed by atoms with Gasteiger partial charge in [0, 0.05) is 36.4 Å². The highest BCUT2D eigenvalue weighted by atomic mass is 19.1. The van der Waals surface area contributed by atoms with Crippen LogP contribution in [0.2, 0.25) is 0 Å². The fourth-order valence-corrected chi connectivity index (χ4v) is 5.86. The monoisotopic (exact) mass is 501 g/mol. The number of carbonyl (C=O) groups excluding carboxylic acids is 1. The van der Waals surface area contributed by atoms with Crippen LogP contribution < -0.4 is 0 Å². The van der Waals surface area contributed by atoms with Crippen molar-refractivity contribution in [2.75, 3.05) is 40.3 Å². The minimum atomic E-state index is -0.376. The van der Waals surface area contributed by atoms with E-state index in [1.165, 1.54) is 11.6 Å². The molecule has 5 heteroatoms. The second kappa shape index (κ2) is 12.0. The summed E-state index contributed by atoms with van der Waals surface area (Å²) in [5, 5.41) is 10.1. The highest BCUT2D eigenvalue weighted by Crippen LogP contribution is 2.46. The molecule has 1 fully saturated rings. The van der Waals surface area contributed by atoms with E-state index >= 15 is 0 Å². The first kappa shape index (κ1) is 27.0. The Bertz CT molecular complexity index is 1220. The number of benzene rings is 3. The molecule has 3 unspecified atom stereocenters. The van der Waals surface area contributed by atoms with Gasteiger partial charge in [-0.15, -0.1) is 0 Å². The Hall–Kier alpha value is -3.02. The zero-order valence-electron chi connectivity index (χ0n) is 22.4. The maximum Gasteiger partial charge on any atom is 0.167 e. The predicted octanol–water partition coefficient (Wildman–Crippen LogP) is 5.97. The third kappa shape index (κ3) is 6.28. The van der Waals surface area contributed by atoms with Gasteiger partial charge >= 0.3 is 0 Å². The maximum atomic E-state index is 14.9. The van der Waals surface area contributed by atoms with Gasteiger partial charge < -0.3 is 14.9 Å². The van der Waals surface area contributed by atoms with Crippen molar-refractivity contribution in [1.82, 2.24) is 9.80 Å². The fraction of sp³-hybridized carbons (Fsp3) is 0.406. The standard InChI is InChI=1S/C32H38FN2O2/c1-22-11-5-6-14-26(22)28-20-35(18-8-7-17-34(3)4)21-29(32(37)24-12-9-13-25(36)19-24)31(28)27-15-10-16-30(33)23(27)2/h6,9-16,19,28-29,31,36H,7-8,17-18,20-21H2,1-4H3. The Morgan fingerprint density at radius 3 is 2.59 bits per heavy atom. The van der Waals surface area contributed by atoms with Crippen LogP contribution in [0, 0.1) is 31.6 Å². The molecule has 3 atom stereocenters. The van der Waals surface area contributed by atoms with E-state index in [0.29, 0.717) is 17.7 Å². The molecule has 4 rings (SSSR count). The van der Waals surface area contributed by atoms with Gasteiger partial charge in [0.2, 0.25) is 0 Å². The molecule has 1 N–H and O–H groups in total. The number of rotatable bonds is 9. The van der Waals surface area contributed by atoms with Crippen LogP contribution >= 0.6 is 0 Å². The van der Waals surface area contributed by atoms with Gasteiger partial charge in [0.15, 0.2) is 5.78 Å². The van der Waals surface area contributed by atoms with Gasteiger partial charge in [-0.3, -0.25) is 4.79 Å². The quantitative estimate of drug-likeness (QED) is 0.290. The first-order valence-corrected chi connectivity index (χ1v) is 13.2. The summed E-state index contributed by atoms with van der Waals surface area (Å²) < 4.78 is 14.9. The molecule has 1 radical (unpaired) electrons. The SMILES string of the molecule is Cc1c[c]ccc1C1CN(CCCCN(C)C)CC(C(=O)c2cccc(O)c2)C1c1cccc(F)c1C. The molecule has 1 aliphatic heterocycles. The number of halogens is 1. The molecule has 3 aromatic rings. The lowest BCUT2D eigenvalue weighted by Crippen LogP contribution is -2.47. The molecular formula is C32H38FN2O2. The summed E-state index contributed by atoms with van der Waals surface area (Å²) in [7, 11) is 4.17. The van der Waals surface area contributed by atoms with Crippen LogP contribution in [0.4, 0.5) is 4.39 Å². The number of Topliss-reactive ketones (excluding diaryl/α,β-unsaturated/α-hetero) is 1. The van der Waals surface area contributed by atoms with Crippen LogP contribution in [0.25, 0.3) is 0 Å². The second-order valence-corrected chi connectivity index (χ2v) is 10.7. The van der Waals surface area contributed by atoms with E-state index in [9.17, 15) is 14.3 Å². The highest BCUT2D eigenvalue weighted by molar-refractivity contribution is 5.99. The lowest BCUT2D eigenvalue weighted by atomic mass is 9.67. The second-order valence-electron chi connectivity index (χ2n) is 10.7. The van der Waals surface area contributed by atoms with Crippen molar-refractivity contribution >= 4 is 5.78 Å². The summed E-state index contributed by atoms with van der Waals surface area (Å²) in [5.74, 6) is -0.726. The van der Waals surface area contributed by atoms with Gasteiger partial charge in [-0.2, -0.15) is 0 Å². The number of carbonyl (C=O) groups is 1. The molecule has 1 aliphatic rings. The zero-order valence-corrected chi connectivity index (χ0v) is 22.4. The van der Waals surface area contributed by atoms with Gasteiger partial charge in [0.05, 0.1) is 0 Å². The third-order valence-corrected chi connectivity index (χ3v) is 7.76. The normalized spacial score (nSPS) is 20.3. The van der Waals surface area contributed by atoms with Crippen molar-refractivity contribution in [3.05, 3.63) is 100 Å². The van der Waals surface area contributed by atoms with Crippen LogP contribution in [0.15, 0.2) is 60.7 Å². The largest absolute Gasteiger partial charge is 0.508 e. The van der Waals surface area contributed by atoms with E-state index in [4.69, 9.17) is 0 Å². The summed E-state index contributed by atoms with van der Waals surface area (Å²) in [6.07, 6.45) is 2.13. The molecule has 0 aromatic heterocycles. The molecule has 0 aliphatic carbocycles. The van der Waals surface area contributed by atoms with E-state index in [-0.39, 0.29) is 35.1 Å². The van der Waals surface area contributed by atoms with Crippen molar-refractivity contribution < 1.29 is 14.3 Å². The number of hydrogen-bond donors (Lipinski definition) is 1. The van der Waals surface area contributed by atoms with Crippen LogP contribution in [0.5, 0.6) is 5.75 Å². The average molecular weight is 502 g/mol. The number of piperidine rings is 1. The molecule has 0 spiro atoms. The Kier molecular flexibility index (Phi) is 8.78. The minimum Gasteiger partial charge on any atom is -0.508 e. The molecule has 0 bridgehead atoms. The van der Waals surface area contributed by atoms with Crippen molar-refractivity contribution in [1.29, 1.82) is 0 Å². The van der Waals surface area contributed by atoms with E-state index in [2.05, 4.69) is 43.0 Å². The molecule has 37 heavy (non-hydrogen) atoms. The van der Waals surface area contributed by atoms with Crippen molar-refractivity contribution in [3.63, 3.8) is 0 Å². The fourth-order valence-electron chi connectivity index (χ4n) is 5.86. The summed E-state index contributed by atoms with van der Waals surface area (Å²) >= 11 is 0.